The molecule has 2 aromatic heterocycles. The Morgan fingerprint density at radius 2 is 2.10 bits per heavy atom. The standard InChI is InChI=1S/C16H21N5/c1-12(2)17-9-14-6-4-5-13-7-8-21(16(13)14)11-15-10-20(3)19-18-15/h4-8,10,12,17H,9,11H2,1-3H3. The van der Waals surface area contributed by atoms with E-state index < -0.39 is 0 Å². The monoisotopic (exact) mass is 283 g/mol. The number of nitrogens with zero attached hydrogens (tertiary/aromatic N) is 4. The minimum atomic E-state index is 0.476. The molecule has 21 heavy (non-hydrogen) atoms. The second-order valence-corrected chi connectivity index (χ2v) is 5.72. The first-order valence-corrected chi connectivity index (χ1v) is 7.29. The Morgan fingerprint density at radius 3 is 2.81 bits per heavy atom. The lowest BCUT2D eigenvalue weighted by molar-refractivity contribution is 0.589. The van der Waals surface area contributed by atoms with Gasteiger partial charge in [0.1, 0.15) is 5.69 Å². The van der Waals surface area contributed by atoms with Crippen molar-refractivity contribution in [3.05, 3.63) is 47.9 Å². The topological polar surface area (TPSA) is 47.7 Å². The molecule has 5 heteroatoms. The fourth-order valence-corrected chi connectivity index (χ4v) is 2.57. The van der Waals surface area contributed by atoms with E-state index in [9.17, 15) is 0 Å². The Labute approximate surface area is 124 Å². The third-order valence-electron chi connectivity index (χ3n) is 3.56. The second-order valence-electron chi connectivity index (χ2n) is 5.72. The average Bonchev–Trinajstić information content (AvgIpc) is 3.04. The van der Waals surface area contributed by atoms with Crippen molar-refractivity contribution < 1.29 is 0 Å². The molecule has 0 amide bonds. The SMILES string of the molecule is CC(C)NCc1cccc2ccn(Cc3cn(C)nn3)c12. The molecule has 1 aromatic carbocycles. The van der Waals surface area contributed by atoms with Gasteiger partial charge < -0.3 is 9.88 Å². The number of hydrogen-bond acceptors (Lipinski definition) is 3. The van der Waals surface area contributed by atoms with Gasteiger partial charge in [0.25, 0.3) is 0 Å². The van der Waals surface area contributed by atoms with Gasteiger partial charge in [-0.1, -0.05) is 37.3 Å². The lowest BCUT2D eigenvalue weighted by atomic mass is 10.1. The summed E-state index contributed by atoms with van der Waals surface area (Å²) in [5, 5.41) is 12.9. The molecule has 110 valence electrons. The zero-order chi connectivity index (χ0) is 14.8. The van der Waals surface area contributed by atoms with Crippen LogP contribution in [0.25, 0.3) is 10.9 Å². The van der Waals surface area contributed by atoms with Crippen molar-refractivity contribution in [3.63, 3.8) is 0 Å². The van der Waals surface area contributed by atoms with Crippen LogP contribution >= 0.6 is 0 Å². The number of fused-ring (bicyclic) bond motifs is 1. The van der Waals surface area contributed by atoms with E-state index >= 15 is 0 Å². The summed E-state index contributed by atoms with van der Waals surface area (Å²) in [4.78, 5) is 0. The number of para-hydroxylation sites is 1. The Bertz CT molecular complexity index is 738. The van der Waals surface area contributed by atoms with Crippen molar-refractivity contribution in [2.24, 2.45) is 7.05 Å². The summed E-state index contributed by atoms with van der Waals surface area (Å²) in [5.41, 5.74) is 3.56. The molecule has 0 atom stereocenters. The molecule has 5 nitrogen and oxygen atoms in total. The van der Waals surface area contributed by atoms with Gasteiger partial charge in [-0.15, -0.1) is 5.10 Å². The lowest BCUT2D eigenvalue weighted by Gasteiger charge is -2.12. The molecule has 0 aliphatic heterocycles. The number of nitrogens with one attached hydrogen (secondary N) is 1. The molecule has 1 N–H and O–H groups in total. The van der Waals surface area contributed by atoms with Gasteiger partial charge in [-0.05, 0) is 17.0 Å². The van der Waals surface area contributed by atoms with E-state index in [0.29, 0.717) is 6.04 Å². The first-order valence-electron chi connectivity index (χ1n) is 7.29. The minimum Gasteiger partial charge on any atom is -0.341 e. The van der Waals surface area contributed by atoms with E-state index in [1.807, 2.05) is 13.2 Å². The van der Waals surface area contributed by atoms with Crippen LogP contribution in [0, 0.1) is 0 Å². The molecular formula is C16H21N5. The van der Waals surface area contributed by atoms with Crippen LogP contribution in [-0.4, -0.2) is 25.6 Å². The molecule has 3 rings (SSSR count). The van der Waals surface area contributed by atoms with Crippen molar-refractivity contribution in [1.29, 1.82) is 0 Å². The zero-order valence-corrected chi connectivity index (χ0v) is 12.7. The second kappa shape index (κ2) is 5.69. The highest BCUT2D eigenvalue weighted by Gasteiger charge is 2.09. The molecule has 0 aliphatic carbocycles. The molecule has 0 aliphatic rings. The molecule has 0 saturated carbocycles. The summed E-state index contributed by atoms with van der Waals surface area (Å²) < 4.78 is 3.99. The quantitative estimate of drug-likeness (QED) is 0.781. The van der Waals surface area contributed by atoms with E-state index in [4.69, 9.17) is 0 Å². The number of aryl methyl sites for hydroxylation is 1. The van der Waals surface area contributed by atoms with Gasteiger partial charge >= 0.3 is 0 Å². The smallest absolute Gasteiger partial charge is 0.102 e. The maximum atomic E-state index is 4.18. The predicted octanol–water partition coefficient (Wildman–Crippen LogP) is 2.32. The van der Waals surface area contributed by atoms with Gasteiger partial charge in [-0.2, -0.15) is 0 Å². The van der Waals surface area contributed by atoms with Gasteiger partial charge in [0.2, 0.25) is 0 Å². The summed E-state index contributed by atoms with van der Waals surface area (Å²) in [6.45, 7) is 5.95. The van der Waals surface area contributed by atoms with Gasteiger partial charge in [0.15, 0.2) is 0 Å². The summed E-state index contributed by atoms with van der Waals surface area (Å²) in [7, 11) is 1.89. The van der Waals surface area contributed by atoms with E-state index in [2.05, 4.69) is 64.5 Å². The maximum absolute atomic E-state index is 4.18. The van der Waals surface area contributed by atoms with E-state index in [-0.39, 0.29) is 0 Å². The summed E-state index contributed by atoms with van der Waals surface area (Å²) in [5.74, 6) is 0. The van der Waals surface area contributed by atoms with Crippen LogP contribution in [0.15, 0.2) is 36.7 Å². The number of hydrogen-bond donors (Lipinski definition) is 1. The number of rotatable bonds is 5. The van der Waals surface area contributed by atoms with Gasteiger partial charge in [-0.3, -0.25) is 4.68 Å². The van der Waals surface area contributed by atoms with Gasteiger partial charge in [0, 0.05) is 32.0 Å². The van der Waals surface area contributed by atoms with Crippen LogP contribution in [0.2, 0.25) is 0 Å². The normalized spacial score (nSPS) is 11.6. The summed E-state index contributed by atoms with van der Waals surface area (Å²) >= 11 is 0. The molecule has 0 unspecified atom stereocenters. The molecule has 2 heterocycles. The maximum Gasteiger partial charge on any atom is 0.102 e. The highest BCUT2D eigenvalue weighted by molar-refractivity contribution is 5.83. The minimum absolute atomic E-state index is 0.476. The Morgan fingerprint density at radius 1 is 1.24 bits per heavy atom. The van der Waals surface area contributed by atoms with E-state index in [1.165, 1.54) is 16.5 Å². The van der Waals surface area contributed by atoms with Crippen molar-refractivity contribution in [2.45, 2.75) is 33.0 Å². The van der Waals surface area contributed by atoms with Gasteiger partial charge in [-0.25, -0.2) is 0 Å². The largest absolute Gasteiger partial charge is 0.341 e. The summed E-state index contributed by atoms with van der Waals surface area (Å²) in [6, 6.07) is 9.09. The zero-order valence-electron chi connectivity index (χ0n) is 12.7. The van der Waals surface area contributed by atoms with Crippen LogP contribution in [0.4, 0.5) is 0 Å². The first kappa shape index (κ1) is 13.8. The summed E-state index contributed by atoms with van der Waals surface area (Å²) in [6.07, 6.45) is 4.08. The van der Waals surface area contributed by atoms with Gasteiger partial charge in [0.05, 0.1) is 12.1 Å². The fourth-order valence-electron chi connectivity index (χ4n) is 2.57. The van der Waals surface area contributed by atoms with Crippen molar-refractivity contribution >= 4 is 10.9 Å². The first-order chi connectivity index (χ1) is 10.1. The van der Waals surface area contributed by atoms with Crippen LogP contribution in [0.1, 0.15) is 25.1 Å². The Hall–Kier alpha value is -2.14. The van der Waals surface area contributed by atoms with Crippen molar-refractivity contribution in [3.8, 4) is 0 Å². The highest BCUT2D eigenvalue weighted by atomic mass is 15.4. The molecule has 0 spiro atoms. The highest BCUT2D eigenvalue weighted by Crippen LogP contribution is 2.21. The Kier molecular flexibility index (Phi) is 3.75. The van der Waals surface area contributed by atoms with Crippen LogP contribution in [0.5, 0.6) is 0 Å². The average molecular weight is 283 g/mol. The Balaban J connectivity index is 1.95. The van der Waals surface area contributed by atoms with E-state index in [1.54, 1.807) is 4.68 Å². The van der Waals surface area contributed by atoms with Crippen LogP contribution in [-0.2, 0) is 20.1 Å². The predicted molar refractivity (Wildman–Crippen MR) is 84.0 cm³/mol. The lowest BCUT2D eigenvalue weighted by Crippen LogP contribution is -2.22. The number of benzene rings is 1. The number of aromatic nitrogens is 4. The molecule has 0 radical (unpaired) electrons. The molecule has 0 fully saturated rings. The molecule has 0 bridgehead atoms. The third-order valence-corrected chi connectivity index (χ3v) is 3.56. The third kappa shape index (κ3) is 2.97. The molecular weight excluding hydrogens is 262 g/mol. The fraction of sp³-hybridized carbons (Fsp3) is 0.375. The van der Waals surface area contributed by atoms with Crippen LogP contribution in [0.3, 0.4) is 0 Å². The molecule has 3 aromatic rings. The van der Waals surface area contributed by atoms with E-state index in [0.717, 1.165) is 18.8 Å². The van der Waals surface area contributed by atoms with Crippen molar-refractivity contribution in [1.82, 2.24) is 24.9 Å². The van der Waals surface area contributed by atoms with Crippen LogP contribution < -0.4 is 5.32 Å². The molecule has 0 saturated heterocycles. The van der Waals surface area contributed by atoms with Crippen molar-refractivity contribution in [2.75, 3.05) is 0 Å².